The van der Waals surface area contributed by atoms with E-state index < -0.39 is 11.7 Å². The Morgan fingerprint density at radius 3 is 2.78 bits per heavy atom. The SMILES string of the molecule is CCC#CCCCCc1ncccc1OC(C(=O)OC(C)(C)C)[C@@H]1CCN1. The highest BCUT2D eigenvalue weighted by molar-refractivity contribution is 5.76. The molecule has 0 aliphatic carbocycles. The predicted molar refractivity (Wildman–Crippen MR) is 107 cm³/mol. The normalized spacial score (nSPS) is 17.3. The number of pyridine rings is 1. The van der Waals surface area contributed by atoms with E-state index in [0.717, 1.165) is 50.8 Å². The van der Waals surface area contributed by atoms with Crippen LogP contribution in [0.15, 0.2) is 18.3 Å². The van der Waals surface area contributed by atoms with E-state index in [2.05, 4.69) is 29.1 Å². The zero-order valence-corrected chi connectivity index (χ0v) is 17.0. The van der Waals surface area contributed by atoms with Crippen LogP contribution in [0.5, 0.6) is 5.75 Å². The van der Waals surface area contributed by atoms with Gasteiger partial charge in [-0.3, -0.25) is 4.98 Å². The molecule has 1 fully saturated rings. The number of aromatic nitrogens is 1. The van der Waals surface area contributed by atoms with Crippen LogP contribution in [0.2, 0.25) is 0 Å². The second kappa shape index (κ2) is 10.3. The van der Waals surface area contributed by atoms with Crippen LogP contribution in [-0.2, 0) is 16.0 Å². The lowest BCUT2D eigenvalue weighted by atomic mass is 10.0. The Labute approximate surface area is 163 Å². The minimum atomic E-state index is -0.656. The maximum atomic E-state index is 12.6. The van der Waals surface area contributed by atoms with Gasteiger partial charge in [0, 0.05) is 19.0 Å². The maximum Gasteiger partial charge on any atom is 0.349 e. The molecule has 1 aliphatic rings. The molecule has 0 radical (unpaired) electrons. The lowest BCUT2D eigenvalue weighted by Crippen LogP contribution is -2.57. The van der Waals surface area contributed by atoms with Crippen molar-refractivity contribution >= 4 is 5.97 Å². The van der Waals surface area contributed by atoms with E-state index in [-0.39, 0.29) is 12.0 Å². The molecule has 5 heteroatoms. The number of hydrogen-bond donors (Lipinski definition) is 1. The molecule has 1 unspecified atom stereocenters. The summed E-state index contributed by atoms with van der Waals surface area (Å²) in [6.45, 7) is 8.56. The Kier molecular flexibility index (Phi) is 8.12. The fraction of sp³-hybridized carbons (Fsp3) is 0.636. The standard InChI is InChI=1S/C22H32N2O3/c1-5-6-7-8-9-10-12-17-19(13-11-15-23-17)26-20(18-14-16-24-18)21(25)27-22(2,3)4/h11,13,15,18,20,24H,5,8-10,12,14,16H2,1-4H3/t18-,20?/m0/s1. The maximum absolute atomic E-state index is 12.6. The van der Waals surface area contributed by atoms with E-state index in [9.17, 15) is 4.79 Å². The van der Waals surface area contributed by atoms with Crippen LogP contribution in [0, 0.1) is 11.8 Å². The van der Waals surface area contributed by atoms with E-state index in [1.54, 1.807) is 6.20 Å². The summed E-state index contributed by atoms with van der Waals surface area (Å²) in [6, 6.07) is 3.71. The number of nitrogens with one attached hydrogen (secondary N) is 1. The lowest BCUT2D eigenvalue weighted by molar-refractivity contribution is -0.165. The first-order valence-corrected chi connectivity index (χ1v) is 9.93. The molecule has 27 heavy (non-hydrogen) atoms. The summed E-state index contributed by atoms with van der Waals surface area (Å²) < 4.78 is 11.7. The number of carbonyl (C=O) groups is 1. The molecule has 1 aromatic heterocycles. The number of aryl methyl sites for hydroxylation is 1. The van der Waals surface area contributed by atoms with Gasteiger partial charge >= 0.3 is 5.97 Å². The largest absolute Gasteiger partial charge is 0.475 e. The molecule has 0 bridgehead atoms. The van der Waals surface area contributed by atoms with E-state index in [4.69, 9.17) is 9.47 Å². The van der Waals surface area contributed by atoms with Crippen molar-refractivity contribution < 1.29 is 14.3 Å². The molecule has 0 saturated carbocycles. The van der Waals surface area contributed by atoms with E-state index in [1.165, 1.54) is 0 Å². The van der Waals surface area contributed by atoms with E-state index in [0.29, 0.717) is 5.75 Å². The number of nitrogens with zero attached hydrogens (tertiary/aromatic N) is 1. The van der Waals surface area contributed by atoms with Gasteiger partial charge in [-0.05, 0) is 65.1 Å². The minimum absolute atomic E-state index is 0.0165. The number of hydrogen-bond acceptors (Lipinski definition) is 5. The Balaban J connectivity index is 2.01. The first-order chi connectivity index (χ1) is 12.9. The zero-order chi connectivity index (χ0) is 19.7. The van der Waals surface area contributed by atoms with Gasteiger partial charge in [0.05, 0.1) is 11.7 Å². The van der Waals surface area contributed by atoms with Crippen molar-refractivity contribution in [1.29, 1.82) is 0 Å². The Morgan fingerprint density at radius 2 is 2.15 bits per heavy atom. The predicted octanol–water partition coefficient (Wildman–Crippen LogP) is 3.66. The Morgan fingerprint density at radius 1 is 1.37 bits per heavy atom. The third-order valence-corrected chi connectivity index (χ3v) is 4.24. The summed E-state index contributed by atoms with van der Waals surface area (Å²) in [5.41, 5.74) is 0.341. The van der Waals surface area contributed by atoms with E-state index >= 15 is 0 Å². The zero-order valence-electron chi connectivity index (χ0n) is 17.0. The van der Waals surface area contributed by atoms with Gasteiger partial charge in [0.2, 0.25) is 6.10 Å². The molecule has 1 aromatic rings. The van der Waals surface area contributed by atoms with E-state index in [1.807, 2.05) is 32.9 Å². The number of esters is 1. The van der Waals surface area contributed by atoms with Crippen molar-refractivity contribution in [3.63, 3.8) is 0 Å². The van der Waals surface area contributed by atoms with Crippen LogP contribution < -0.4 is 10.1 Å². The van der Waals surface area contributed by atoms with Crippen LogP contribution in [0.4, 0.5) is 0 Å². The number of rotatable bonds is 8. The second-order valence-electron chi connectivity index (χ2n) is 7.78. The molecule has 148 valence electrons. The monoisotopic (exact) mass is 372 g/mol. The van der Waals surface area contributed by atoms with Crippen LogP contribution in [0.3, 0.4) is 0 Å². The molecule has 0 aromatic carbocycles. The summed E-state index contributed by atoms with van der Waals surface area (Å²) in [5, 5.41) is 3.26. The topological polar surface area (TPSA) is 60.5 Å². The highest BCUT2D eigenvalue weighted by Crippen LogP contribution is 2.24. The average Bonchev–Trinajstić information content (AvgIpc) is 2.55. The summed E-state index contributed by atoms with van der Waals surface area (Å²) in [5.74, 6) is 6.59. The highest BCUT2D eigenvalue weighted by atomic mass is 16.6. The third-order valence-electron chi connectivity index (χ3n) is 4.24. The number of unbranched alkanes of at least 4 members (excludes halogenated alkanes) is 2. The fourth-order valence-electron chi connectivity index (χ4n) is 2.80. The van der Waals surface area contributed by atoms with Crippen LogP contribution in [-0.4, -0.2) is 35.2 Å². The van der Waals surface area contributed by atoms with Crippen molar-refractivity contribution in [2.75, 3.05) is 6.54 Å². The molecular formula is C22H32N2O3. The van der Waals surface area contributed by atoms with Crippen molar-refractivity contribution in [3.05, 3.63) is 24.0 Å². The highest BCUT2D eigenvalue weighted by Gasteiger charge is 2.37. The molecule has 2 heterocycles. The molecule has 0 spiro atoms. The fourth-order valence-corrected chi connectivity index (χ4v) is 2.80. The molecule has 1 saturated heterocycles. The summed E-state index contributed by atoms with van der Waals surface area (Å²) in [7, 11) is 0. The molecule has 2 rings (SSSR count). The number of ether oxygens (including phenoxy) is 2. The van der Waals surface area contributed by atoms with Gasteiger partial charge in [-0.1, -0.05) is 6.92 Å². The van der Waals surface area contributed by atoms with Gasteiger partial charge in [0.15, 0.2) is 0 Å². The van der Waals surface area contributed by atoms with Crippen molar-refractivity contribution in [2.45, 2.75) is 84.0 Å². The van der Waals surface area contributed by atoms with Crippen LogP contribution in [0.1, 0.15) is 65.5 Å². The molecule has 0 amide bonds. The van der Waals surface area contributed by atoms with Crippen molar-refractivity contribution in [2.24, 2.45) is 0 Å². The summed E-state index contributed by atoms with van der Waals surface area (Å²) in [4.78, 5) is 17.1. The van der Waals surface area contributed by atoms with Gasteiger partial charge < -0.3 is 14.8 Å². The van der Waals surface area contributed by atoms with Gasteiger partial charge in [-0.15, -0.1) is 11.8 Å². The van der Waals surface area contributed by atoms with Crippen molar-refractivity contribution in [1.82, 2.24) is 10.3 Å². The quantitative estimate of drug-likeness (QED) is 0.429. The first-order valence-electron chi connectivity index (χ1n) is 9.93. The lowest BCUT2D eigenvalue weighted by Gasteiger charge is -2.35. The minimum Gasteiger partial charge on any atom is -0.475 e. The Hall–Kier alpha value is -2.06. The van der Waals surface area contributed by atoms with Crippen LogP contribution >= 0.6 is 0 Å². The summed E-state index contributed by atoms with van der Waals surface area (Å²) in [6.07, 6.45) is 6.65. The van der Waals surface area contributed by atoms with Gasteiger partial charge in [0.1, 0.15) is 11.4 Å². The summed E-state index contributed by atoms with van der Waals surface area (Å²) >= 11 is 0. The molecule has 1 aliphatic heterocycles. The average molecular weight is 373 g/mol. The van der Waals surface area contributed by atoms with Crippen LogP contribution in [0.25, 0.3) is 0 Å². The smallest absolute Gasteiger partial charge is 0.349 e. The number of carbonyl (C=O) groups excluding carboxylic acids is 1. The van der Waals surface area contributed by atoms with Crippen molar-refractivity contribution in [3.8, 4) is 17.6 Å². The third kappa shape index (κ3) is 7.22. The molecule has 2 atom stereocenters. The molecule has 5 nitrogen and oxygen atoms in total. The first kappa shape index (κ1) is 21.2. The van der Waals surface area contributed by atoms with Gasteiger partial charge in [-0.2, -0.15) is 0 Å². The Bertz CT molecular complexity index is 666. The molecular weight excluding hydrogens is 340 g/mol. The van der Waals surface area contributed by atoms with Gasteiger partial charge in [0.25, 0.3) is 0 Å². The van der Waals surface area contributed by atoms with Gasteiger partial charge in [-0.25, -0.2) is 4.79 Å². The second-order valence-corrected chi connectivity index (χ2v) is 7.78. The molecule has 1 N–H and O–H groups in total.